The Kier molecular flexibility index (Phi) is 6.66. The molecule has 29 heavy (non-hydrogen) atoms. The quantitative estimate of drug-likeness (QED) is 0.706. The van der Waals surface area contributed by atoms with Crippen LogP contribution < -0.4 is 5.32 Å². The Hall–Kier alpha value is -3.13. The van der Waals surface area contributed by atoms with Crippen LogP contribution in [0.2, 0.25) is 0 Å². The smallest absolute Gasteiger partial charge is 0.326 e. The van der Waals surface area contributed by atoms with Crippen LogP contribution in [0.3, 0.4) is 0 Å². The Morgan fingerprint density at radius 2 is 1.55 bits per heavy atom. The molecule has 1 aliphatic rings. The molecule has 1 aliphatic heterocycles. The van der Waals surface area contributed by atoms with Gasteiger partial charge in [0.25, 0.3) is 11.8 Å². The van der Waals surface area contributed by atoms with Gasteiger partial charge in [0.1, 0.15) is 6.04 Å². The maximum absolute atomic E-state index is 13.1. The van der Waals surface area contributed by atoms with Gasteiger partial charge in [-0.05, 0) is 36.7 Å². The van der Waals surface area contributed by atoms with Gasteiger partial charge in [-0.15, -0.1) is 0 Å². The average Bonchev–Trinajstić information content (AvgIpc) is 3.24. The van der Waals surface area contributed by atoms with E-state index in [0.717, 1.165) is 0 Å². The molecule has 1 heterocycles. The summed E-state index contributed by atoms with van der Waals surface area (Å²) in [7, 11) is 0. The molecule has 1 fully saturated rings. The molecular weight excluding hydrogens is 392 g/mol. The van der Waals surface area contributed by atoms with Crippen LogP contribution in [0.25, 0.3) is 0 Å². The highest BCUT2D eigenvalue weighted by atomic mass is 32.2. The van der Waals surface area contributed by atoms with Crippen LogP contribution in [0, 0.1) is 0 Å². The number of thioether (sulfide) groups is 1. The van der Waals surface area contributed by atoms with Crippen LogP contribution in [0.1, 0.15) is 33.6 Å². The first-order valence-electron chi connectivity index (χ1n) is 9.12. The number of aliphatic carboxylic acids is 1. The first kappa shape index (κ1) is 20.6. The van der Waals surface area contributed by atoms with Gasteiger partial charge in [-0.1, -0.05) is 48.5 Å². The summed E-state index contributed by atoms with van der Waals surface area (Å²) in [6.45, 7) is 0.271. The van der Waals surface area contributed by atoms with E-state index < -0.39 is 29.2 Å². The number of carboxylic acids is 1. The van der Waals surface area contributed by atoms with Crippen LogP contribution in [0.4, 0.5) is 0 Å². The number of nitrogens with one attached hydrogen (secondary N) is 1. The first-order chi connectivity index (χ1) is 14.0. The molecule has 0 spiro atoms. The molecule has 2 amide bonds. The number of carbonyl (C=O) groups is 4. The largest absolute Gasteiger partial charge is 0.480 e. The lowest BCUT2D eigenvalue weighted by Gasteiger charge is -2.26. The number of rotatable bonds is 6. The number of hydrogen-bond acceptors (Lipinski definition) is 5. The Balaban J connectivity index is 1.82. The summed E-state index contributed by atoms with van der Waals surface area (Å²) in [5.74, 6) is -2.19. The molecule has 0 saturated carbocycles. The minimum Gasteiger partial charge on any atom is -0.480 e. The summed E-state index contributed by atoms with van der Waals surface area (Å²) >= 11 is 0.675. The normalized spacial score (nSPS) is 16.8. The molecule has 8 heteroatoms. The second kappa shape index (κ2) is 9.38. The van der Waals surface area contributed by atoms with E-state index in [2.05, 4.69) is 5.32 Å². The first-order valence-corrected chi connectivity index (χ1v) is 10.0. The summed E-state index contributed by atoms with van der Waals surface area (Å²) in [4.78, 5) is 51.0. The maximum Gasteiger partial charge on any atom is 0.326 e. The van der Waals surface area contributed by atoms with E-state index >= 15 is 0 Å². The van der Waals surface area contributed by atoms with Crippen molar-refractivity contribution in [2.24, 2.45) is 0 Å². The molecule has 2 N–H and O–H groups in total. The Bertz CT molecular complexity index is 850. The Morgan fingerprint density at radius 1 is 0.966 bits per heavy atom. The predicted molar refractivity (Wildman–Crippen MR) is 108 cm³/mol. The fourth-order valence-electron chi connectivity index (χ4n) is 3.12. The lowest BCUT2D eigenvalue weighted by molar-refractivity contribution is -0.148. The summed E-state index contributed by atoms with van der Waals surface area (Å²) in [6.07, 6.45) is 0.900. The van der Waals surface area contributed by atoms with Crippen molar-refractivity contribution in [1.29, 1.82) is 0 Å². The van der Waals surface area contributed by atoms with Gasteiger partial charge in [0.05, 0.1) is 0 Å². The van der Waals surface area contributed by atoms with Crippen LogP contribution in [-0.4, -0.2) is 50.9 Å². The van der Waals surface area contributed by atoms with Crippen molar-refractivity contribution in [3.63, 3.8) is 0 Å². The summed E-state index contributed by atoms with van der Waals surface area (Å²) in [5.41, 5.74) is 0.731. The van der Waals surface area contributed by atoms with Gasteiger partial charge in [-0.25, -0.2) is 4.79 Å². The van der Waals surface area contributed by atoms with E-state index in [1.807, 2.05) is 0 Å². The highest BCUT2D eigenvalue weighted by molar-refractivity contribution is 8.15. The topological polar surface area (TPSA) is 104 Å². The molecule has 0 radical (unpaired) electrons. The van der Waals surface area contributed by atoms with Crippen LogP contribution in [0.15, 0.2) is 60.7 Å². The molecule has 1 unspecified atom stereocenters. The van der Waals surface area contributed by atoms with Crippen LogP contribution in [-0.2, 0) is 9.59 Å². The standard InChI is InChI=1S/C21H20N2O5S/c24-17(14-8-3-1-4-9-14)22-18(29-21(28)15-10-5-2-6-11-15)19(25)23-13-7-12-16(23)20(26)27/h1-6,8-11,16,18H,7,12-13H2,(H,22,24)(H,26,27)/t16-,18?/m0/s1. The summed E-state index contributed by atoms with van der Waals surface area (Å²) in [6, 6.07) is 15.8. The van der Waals surface area contributed by atoms with E-state index in [1.54, 1.807) is 60.7 Å². The SMILES string of the molecule is O=C(NC(SC(=O)c1ccccc1)C(=O)N1CCC[C@H]1C(=O)O)c1ccccc1. The van der Waals surface area contributed by atoms with E-state index in [-0.39, 0.29) is 11.7 Å². The molecular formula is C21H20N2O5S. The van der Waals surface area contributed by atoms with Crippen molar-refractivity contribution >= 4 is 34.7 Å². The third kappa shape index (κ3) is 5.03. The van der Waals surface area contributed by atoms with Crippen molar-refractivity contribution in [2.75, 3.05) is 6.54 Å². The third-order valence-corrected chi connectivity index (χ3v) is 5.58. The minimum absolute atomic E-state index is 0.271. The van der Waals surface area contributed by atoms with Gasteiger partial charge in [0.2, 0.25) is 5.12 Å². The number of carboxylic acid groups (broad SMARTS) is 1. The van der Waals surface area contributed by atoms with Crippen molar-refractivity contribution in [3.8, 4) is 0 Å². The number of benzene rings is 2. The molecule has 2 aromatic carbocycles. The monoisotopic (exact) mass is 412 g/mol. The lowest BCUT2D eigenvalue weighted by atomic mass is 10.2. The molecule has 3 rings (SSSR count). The summed E-state index contributed by atoms with van der Waals surface area (Å²) < 4.78 is 0. The maximum atomic E-state index is 13.1. The lowest BCUT2D eigenvalue weighted by Crippen LogP contribution is -2.50. The van der Waals surface area contributed by atoms with Crippen molar-refractivity contribution in [2.45, 2.75) is 24.3 Å². The Labute approximate surface area is 172 Å². The molecule has 2 aromatic rings. The molecule has 2 atom stereocenters. The second-order valence-corrected chi connectivity index (χ2v) is 7.60. The second-order valence-electron chi connectivity index (χ2n) is 6.52. The molecule has 0 aliphatic carbocycles. The zero-order chi connectivity index (χ0) is 20.8. The molecule has 1 saturated heterocycles. The predicted octanol–water partition coefficient (Wildman–Crippen LogP) is 2.39. The molecule has 0 bridgehead atoms. The highest BCUT2D eigenvalue weighted by Crippen LogP contribution is 2.24. The van der Waals surface area contributed by atoms with Crippen LogP contribution in [0.5, 0.6) is 0 Å². The van der Waals surface area contributed by atoms with Gasteiger partial charge in [-0.3, -0.25) is 14.4 Å². The van der Waals surface area contributed by atoms with Gasteiger partial charge < -0.3 is 15.3 Å². The molecule has 7 nitrogen and oxygen atoms in total. The zero-order valence-electron chi connectivity index (χ0n) is 15.5. The summed E-state index contributed by atoms with van der Waals surface area (Å²) in [5, 5.41) is 10.4. The third-order valence-electron chi connectivity index (χ3n) is 4.58. The van der Waals surface area contributed by atoms with E-state index in [1.165, 1.54) is 4.90 Å². The molecule has 150 valence electrons. The minimum atomic E-state index is -1.23. The van der Waals surface area contributed by atoms with Crippen molar-refractivity contribution in [3.05, 3.63) is 71.8 Å². The fourth-order valence-corrected chi connectivity index (χ4v) is 4.01. The van der Waals surface area contributed by atoms with Gasteiger partial charge >= 0.3 is 5.97 Å². The number of hydrogen-bond donors (Lipinski definition) is 2. The van der Waals surface area contributed by atoms with E-state index in [9.17, 15) is 24.3 Å². The number of nitrogens with zero attached hydrogens (tertiary/aromatic N) is 1. The van der Waals surface area contributed by atoms with E-state index in [0.29, 0.717) is 35.7 Å². The fraction of sp³-hybridized carbons (Fsp3) is 0.238. The van der Waals surface area contributed by atoms with Gasteiger partial charge in [-0.2, -0.15) is 0 Å². The molecule has 0 aromatic heterocycles. The van der Waals surface area contributed by atoms with E-state index in [4.69, 9.17) is 0 Å². The van der Waals surface area contributed by atoms with Crippen LogP contribution >= 0.6 is 11.8 Å². The number of amides is 2. The average molecular weight is 412 g/mol. The number of carbonyl (C=O) groups excluding carboxylic acids is 3. The Morgan fingerprint density at radius 3 is 2.14 bits per heavy atom. The zero-order valence-corrected chi connectivity index (χ0v) is 16.3. The van der Waals surface area contributed by atoms with Crippen molar-refractivity contribution in [1.82, 2.24) is 10.2 Å². The number of likely N-dealkylation sites (tertiary alicyclic amines) is 1. The highest BCUT2D eigenvalue weighted by Gasteiger charge is 2.38. The van der Waals surface area contributed by atoms with Gasteiger partial charge in [0, 0.05) is 17.7 Å². The van der Waals surface area contributed by atoms with Crippen molar-refractivity contribution < 1.29 is 24.3 Å². The van der Waals surface area contributed by atoms with Gasteiger partial charge in [0.15, 0.2) is 5.37 Å².